The van der Waals surface area contributed by atoms with Crippen LogP contribution in [0, 0.1) is 0 Å². The lowest BCUT2D eigenvalue weighted by atomic mass is 10.0. The molecule has 104 valence electrons. The van der Waals surface area contributed by atoms with Crippen LogP contribution in [-0.4, -0.2) is 5.78 Å². The van der Waals surface area contributed by atoms with E-state index in [4.69, 9.17) is 4.42 Å². The molecule has 1 heterocycles. The first kappa shape index (κ1) is 13.4. The summed E-state index contributed by atoms with van der Waals surface area (Å²) in [6.45, 7) is 0. The van der Waals surface area contributed by atoms with E-state index in [1.165, 1.54) is 0 Å². The van der Waals surface area contributed by atoms with Gasteiger partial charge in [0.1, 0.15) is 5.76 Å². The topological polar surface area (TPSA) is 30.2 Å². The maximum Gasteiger partial charge on any atom is 0.163 e. The number of aryl methyl sites for hydroxylation is 1. The van der Waals surface area contributed by atoms with Crippen molar-refractivity contribution in [2.75, 3.05) is 0 Å². The highest BCUT2D eigenvalue weighted by molar-refractivity contribution is 5.96. The van der Waals surface area contributed by atoms with Crippen LogP contribution in [0.1, 0.15) is 22.5 Å². The van der Waals surface area contributed by atoms with E-state index in [0.29, 0.717) is 12.8 Å². The number of hydrogen-bond donors (Lipinski definition) is 0. The van der Waals surface area contributed by atoms with E-state index in [9.17, 15) is 4.79 Å². The maximum absolute atomic E-state index is 12.1. The maximum atomic E-state index is 12.1. The Morgan fingerprint density at radius 2 is 1.52 bits per heavy atom. The van der Waals surface area contributed by atoms with Crippen LogP contribution in [-0.2, 0) is 6.42 Å². The van der Waals surface area contributed by atoms with Crippen molar-refractivity contribution in [1.82, 2.24) is 0 Å². The minimum Gasteiger partial charge on any atom is -0.469 e. The number of carbonyl (C=O) groups excluding carboxylic acids is 1. The summed E-state index contributed by atoms with van der Waals surface area (Å²) in [5.41, 5.74) is 3.03. The summed E-state index contributed by atoms with van der Waals surface area (Å²) in [4.78, 5) is 12.1. The van der Waals surface area contributed by atoms with Crippen LogP contribution in [0.15, 0.2) is 77.4 Å². The van der Waals surface area contributed by atoms with E-state index in [1.54, 1.807) is 6.26 Å². The number of ketones is 1. The summed E-state index contributed by atoms with van der Waals surface area (Å²) in [6, 6.07) is 21.7. The standard InChI is InChI=1S/C19H16O2/c20-19(13-12-18-7-4-14-21-18)17-10-8-16(9-11-17)15-5-2-1-3-6-15/h1-11,14H,12-13H2. The van der Waals surface area contributed by atoms with Crippen LogP contribution in [0.2, 0.25) is 0 Å². The van der Waals surface area contributed by atoms with Gasteiger partial charge in [0, 0.05) is 18.4 Å². The van der Waals surface area contributed by atoms with Gasteiger partial charge < -0.3 is 4.42 Å². The van der Waals surface area contributed by atoms with Gasteiger partial charge in [0.05, 0.1) is 6.26 Å². The molecule has 0 aliphatic carbocycles. The average Bonchev–Trinajstić information content (AvgIpc) is 3.07. The lowest BCUT2D eigenvalue weighted by Gasteiger charge is -2.04. The number of carbonyl (C=O) groups is 1. The molecule has 0 unspecified atom stereocenters. The van der Waals surface area contributed by atoms with Crippen LogP contribution in [0.4, 0.5) is 0 Å². The van der Waals surface area contributed by atoms with Gasteiger partial charge in [-0.05, 0) is 23.3 Å². The first-order valence-corrected chi connectivity index (χ1v) is 7.04. The minimum absolute atomic E-state index is 0.144. The van der Waals surface area contributed by atoms with Crippen molar-refractivity contribution >= 4 is 5.78 Å². The predicted molar refractivity (Wildman–Crippen MR) is 83.2 cm³/mol. The molecule has 0 aliphatic rings. The SMILES string of the molecule is O=C(CCc1ccco1)c1ccc(-c2ccccc2)cc1. The van der Waals surface area contributed by atoms with E-state index in [1.807, 2.05) is 54.6 Å². The highest BCUT2D eigenvalue weighted by atomic mass is 16.3. The Morgan fingerprint density at radius 3 is 2.19 bits per heavy atom. The molecule has 0 radical (unpaired) electrons. The van der Waals surface area contributed by atoms with Crippen molar-refractivity contribution in [3.05, 3.63) is 84.3 Å². The molecule has 0 saturated carbocycles. The highest BCUT2D eigenvalue weighted by Crippen LogP contribution is 2.20. The Hall–Kier alpha value is -2.61. The lowest BCUT2D eigenvalue weighted by Crippen LogP contribution is -2.00. The minimum atomic E-state index is 0.144. The van der Waals surface area contributed by atoms with E-state index in [0.717, 1.165) is 22.5 Å². The Labute approximate surface area is 124 Å². The fourth-order valence-corrected chi connectivity index (χ4v) is 2.32. The van der Waals surface area contributed by atoms with Gasteiger partial charge in [0.25, 0.3) is 0 Å². The van der Waals surface area contributed by atoms with Gasteiger partial charge in [-0.15, -0.1) is 0 Å². The van der Waals surface area contributed by atoms with E-state index >= 15 is 0 Å². The summed E-state index contributed by atoms with van der Waals surface area (Å²) in [6.07, 6.45) is 2.75. The first-order chi connectivity index (χ1) is 10.3. The van der Waals surface area contributed by atoms with Crippen LogP contribution < -0.4 is 0 Å². The number of rotatable bonds is 5. The summed E-state index contributed by atoms with van der Waals surface area (Å²) in [7, 11) is 0. The molecule has 0 atom stereocenters. The molecule has 0 bridgehead atoms. The van der Waals surface area contributed by atoms with Crippen molar-refractivity contribution in [2.24, 2.45) is 0 Å². The molecule has 0 amide bonds. The van der Waals surface area contributed by atoms with Crippen molar-refractivity contribution < 1.29 is 9.21 Å². The zero-order chi connectivity index (χ0) is 14.5. The second kappa shape index (κ2) is 6.23. The summed E-state index contributed by atoms with van der Waals surface area (Å²) in [5, 5.41) is 0. The van der Waals surface area contributed by atoms with E-state index in [-0.39, 0.29) is 5.78 Å². The predicted octanol–water partition coefficient (Wildman–Crippen LogP) is 4.76. The average molecular weight is 276 g/mol. The normalized spacial score (nSPS) is 10.5. The molecule has 3 rings (SSSR count). The summed E-state index contributed by atoms with van der Waals surface area (Å²) in [5.74, 6) is 0.996. The first-order valence-electron chi connectivity index (χ1n) is 7.04. The van der Waals surface area contributed by atoms with Crippen LogP contribution in [0.3, 0.4) is 0 Å². The van der Waals surface area contributed by atoms with Gasteiger partial charge in [-0.2, -0.15) is 0 Å². The molecule has 2 heteroatoms. The lowest BCUT2D eigenvalue weighted by molar-refractivity contribution is 0.0981. The number of hydrogen-bond acceptors (Lipinski definition) is 2. The van der Waals surface area contributed by atoms with Crippen molar-refractivity contribution in [3.8, 4) is 11.1 Å². The largest absolute Gasteiger partial charge is 0.469 e. The molecular weight excluding hydrogens is 260 g/mol. The molecular formula is C19H16O2. The fraction of sp³-hybridized carbons (Fsp3) is 0.105. The van der Waals surface area contributed by atoms with Gasteiger partial charge in [0.15, 0.2) is 5.78 Å². The Kier molecular flexibility index (Phi) is 3.97. The third-order valence-electron chi connectivity index (χ3n) is 3.49. The number of benzene rings is 2. The van der Waals surface area contributed by atoms with Crippen molar-refractivity contribution in [2.45, 2.75) is 12.8 Å². The monoisotopic (exact) mass is 276 g/mol. The molecule has 0 aliphatic heterocycles. The van der Waals surface area contributed by atoms with Gasteiger partial charge in [-0.25, -0.2) is 0 Å². The van der Waals surface area contributed by atoms with Gasteiger partial charge in [0.2, 0.25) is 0 Å². The van der Waals surface area contributed by atoms with E-state index < -0.39 is 0 Å². The van der Waals surface area contributed by atoms with Crippen molar-refractivity contribution in [1.29, 1.82) is 0 Å². The van der Waals surface area contributed by atoms with E-state index in [2.05, 4.69) is 12.1 Å². The molecule has 0 N–H and O–H groups in total. The molecule has 0 saturated heterocycles. The second-order valence-electron chi connectivity index (χ2n) is 4.95. The molecule has 0 fully saturated rings. The third-order valence-corrected chi connectivity index (χ3v) is 3.49. The van der Waals surface area contributed by atoms with Crippen molar-refractivity contribution in [3.63, 3.8) is 0 Å². The number of Topliss-reactive ketones (excluding diaryl/α,β-unsaturated/α-hetero) is 1. The summed E-state index contributed by atoms with van der Waals surface area (Å²) < 4.78 is 5.24. The zero-order valence-electron chi connectivity index (χ0n) is 11.7. The molecule has 0 spiro atoms. The fourth-order valence-electron chi connectivity index (χ4n) is 2.32. The van der Waals surface area contributed by atoms with Gasteiger partial charge in [-0.1, -0.05) is 54.6 Å². The van der Waals surface area contributed by atoms with Gasteiger partial charge in [-0.3, -0.25) is 4.79 Å². The highest BCUT2D eigenvalue weighted by Gasteiger charge is 2.07. The molecule has 3 aromatic rings. The molecule has 2 aromatic carbocycles. The second-order valence-corrected chi connectivity index (χ2v) is 4.95. The van der Waals surface area contributed by atoms with Crippen LogP contribution in [0.5, 0.6) is 0 Å². The quantitative estimate of drug-likeness (QED) is 0.629. The zero-order valence-corrected chi connectivity index (χ0v) is 11.7. The van der Waals surface area contributed by atoms with Gasteiger partial charge >= 0.3 is 0 Å². The Balaban J connectivity index is 1.67. The smallest absolute Gasteiger partial charge is 0.163 e. The Bertz CT molecular complexity index is 695. The summed E-state index contributed by atoms with van der Waals surface area (Å²) >= 11 is 0. The third kappa shape index (κ3) is 3.29. The number of furan rings is 1. The van der Waals surface area contributed by atoms with Crippen LogP contribution >= 0.6 is 0 Å². The van der Waals surface area contributed by atoms with Crippen LogP contribution in [0.25, 0.3) is 11.1 Å². The molecule has 2 nitrogen and oxygen atoms in total. The Morgan fingerprint density at radius 1 is 0.810 bits per heavy atom. The molecule has 21 heavy (non-hydrogen) atoms. The molecule has 1 aromatic heterocycles.